The molecule has 136 valence electrons. The quantitative estimate of drug-likeness (QED) is 0.577. The van der Waals surface area contributed by atoms with Gasteiger partial charge in [0.2, 0.25) is 0 Å². The Balaban J connectivity index is 1.96. The molecule has 0 saturated carbocycles. The highest BCUT2D eigenvalue weighted by molar-refractivity contribution is 6.36. The average molecular weight is 400 g/mol. The third-order valence-electron chi connectivity index (χ3n) is 3.92. The average Bonchev–Trinajstić information content (AvgIpc) is 2.69. The molecule has 3 aromatic carbocycles. The Morgan fingerprint density at radius 3 is 2.41 bits per heavy atom. The van der Waals surface area contributed by atoms with E-state index >= 15 is 0 Å². The van der Waals surface area contributed by atoms with Crippen LogP contribution in [-0.4, -0.2) is 18.8 Å². The van der Waals surface area contributed by atoms with E-state index in [1.165, 1.54) is 13.2 Å². The maximum Gasteiger partial charge on any atom is 0.255 e. The third-order valence-corrected chi connectivity index (χ3v) is 4.49. The van der Waals surface area contributed by atoms with Crippen LogP contribution in [0, 0.1) is 0 Å². The molecule has 0 aliphatic heterocycles. The normalized spacial score (nSPS) is 10.3. The molecule has 0 heterocycles. The number of halogens is 2. The number of ether oxygens (including phenoxy) is 1. The Bertz CT molecular complexity index is 1020. The number of hydrogen-bond acceptors (Lipinski definition) is 3. The first-order chi connectivity index (χ1) is 13.0. The van der Waals surface area contributed by atoms with Gasteiger partial charge in [0, 0.05) is 21.7 Å². The number of benzene rings is 3. The maximum absolute atomic E-state index is 12.9. The molecule has 3 aromatic rings. The second kappa shape index (κ2) is 8.25. The number of rotatable bonds is 5. The third kappa shape index (κ3) is 4.30. The lowest BCUT2D eigenvalue weighted by Crippen LogP contribution is -2.15. The topological polar surface area (TPSA) is 55.4 Å². The lowest BCUT2D eigenvalue weighted by Gasteiger charge is -2.12. The minimum absolute atomic E-state index is 0.256. The molecule has 4 nitrogen and oxygen atoms in total. The van der Waals surface area contributed by atoms with Crippen molar-refractivity contribution < 1.29 is 14.3 Å². The van der Waals surface area contributed by atoms with Crippen LogP contribution in [0.25, 0.3) is 0 Å². The van der Waals surface area contributed by atoms with Gasteiger partial charge in [0.1, 0.15) is 5.75 Å². The fraction of sp³-hybridized carbons (Fsp3) is 0.0476. The minimum Gasteiger partial charge on any atom is -0.497 e. The van der Waals surface area contributed by atoms with Crippen molar-refractivity contribution in [1.29, 1.82) is 0 Å². The zero-order valence-electron chi connectivity index (χ0n) is 14.3. The van der Waals surface area contributed by atoms with Crippen LogP contribution in [0.1, 0.15) is 26.3 Å². The second-order valence-corrected chi connectivity index (χ2v) is 6.53. The summed E-state index contributed by atoms with van der Waals surface area (Å²) in [6.07, 6.45) is 0. The summed E-state index contributed by atoms with van der Waals surface area (Å²) in [5, 5.41) is 3.46. The van der Waals surface area contributed by atoms with Gasteiger partial charge in [-0.25, -0.2) is 0 Å². The number of carbonyl (C=O) groups is 2. The zero-order chi connectivity index (χ0) is 19.4. The first-order valence-corrected chi connectivity index (χ1v) is 8.79. The summed E-state index contributed by atoms with van der Waals surface area (Å²) in [6, 6.07) is 18.1. The summed E-state index contributed by atoms with van der Waals surface area (Å²) in [5.41, 5.74) is 1.34. The Morgan fingerprint density at radius 1 is 0.889 bits per heavy atom. The number of methoxy groups -OCH3 is 1. The molecule has 0 unspecified atom stereocenters. The van der Waals surface area contributed by atoms with Gasteiger partial charge in [0.15, 0.2) is 5.78 Å². The standard InChI is InChI=1S/C21H15Cl2NO3/c1-27-15-6-4-5-13(11-15)21(26)24-19-10-9-14(22)12-17(19)20(25)16-7-2-3-8-18(16)23/h2-12H,1H3,(H,24,26). The van der Waals surface area contributed by atoms with Gasteiger partial charge in [-0.15, -0.1) is 0 Å². The summed E-state index contributed by atoms with van der Waals surface area (Å²) < 4.78 is 5.14. The van der Waals surface area contributed by atoms with Crippen molar-refractivity contribution in [3.8, 4) is 5.75 Å². The van der Waals surface area contributed by atoms with Crippen LogP contribution in [0.15, 0.2) is 66.7 Å². The van der Waals surface area contributed by atoms with Crippen LogP contribution >= 0.6 is 23.2 Å². The molecule has 0 atom stereocenters. The van der Waals surface area contributed by atoms with E-state index in [4.69, 9.17) is 27.9 Å². The predicted octanol–water partition coefficient (Wildman–Crippen LogP) is 5.49. The van der Waals surface area contributed by atoms with Crippen LogP contribution in [0.4, 0.5) is 5.69 Å². The Kier molecular flexibility index (Phi) is 5.79. The van der Waals surface area contributed by atoms with Gasteiger partial charge in [0.05, 0.1) is 17.8 Å². The lowest BCUT2D eigenvalue weighted by atomic mass is 10.0. The summed E-state index contributed by atoms with van der Waals surface area (Å²) in [4.78, 5) is 25.6. The predicted molar refractivity (Wildman–Crippen MR) is 107 cm³/mol. The molecule has 1 N–H and O–H groups in total. The van der Waals surface area contributed by atoms with Crippen LogP contribution in [0.2, 0.25) is 10.0 Å². The van der Waals surface area contributed by atoms with Crippen molar-refractivity contribution in [1.82, 2.24) is 0 Å². The van der Waals surface area contributed by atoms with Crippen molar-refractivity contribution in [3.05, 3.63) is 93.5 Å². The molecule has 3 rings (SSSR count). The molecule has 0 saturated heterocycles. The van der Waals surface area contributed by atoms with Crippen LogP contribution in [0.5, 0.6) is 5.75 Å². The van der Waals surface area contributed by atoms with E-state index in [1.807, 2.05) is 0 Å². The second-order valence-electron chi connectivity index (χ2n) is 5.68. The monoisotopic (exact) mass is 399 g/mol. The Morgan fingerprint density at radius 2 is 1.67 bits per heavy atom. The highest BCUT2D eigenvalue weighted by Gasteiger charge is 2.18. The first kappa shape index (κ1) is 19.0. The maximum atomic E-state index is 12.9. The molecule has 0 bridgehead atoms. The van der Waals surface area contributed by atoms with Crippen LogP contribution < -0.4 is 10.1 Å². The van der Waals surface area contributed by atoms with E-state index in [0.717, 1.165) is 0 Å². The number of nitrogens with one attached hydrogen (secondary N) is 1. The van der Waals surface area contributed by atoms with Crippen molar-refractivity contribution in [2.75, 3.05) is 12.4 Å². The van der Waals surface area contributed by atoms with Gasteiger partial charge in [-0.3, -0.25) is 9.59 Å². The lowest BCUT2D eigenvalue weighted by molar-refractivity contribution is 0.102. The van der Waals surface area contributed by atoms with Gasteiger partial charge in [-0.1, -0.05) is 41.4 Å². The molecule has 0 aliphatic rings. The summed E-state index contributed by atoms with van der Waals surface area (Å²) in [5.74, 6) is -0.139. The smallest absolute Gasteiger partial charge is 0.255 e. The summed E-state index contributed by atoms with van der Waals surface area (Å²) in [6.45, 7) is 0. The zero-order valence-corrected chi connectivity index (χ0v) is 15.8. The van der Waals surface area contributed by atoms with E-state index in [0.29, 0.717) is 32.6 Å². The van der Waals surface area contributed by atoms with Crippen molar-refractivity contribution in [2.24, 2.45) is 0 Å². The molecule has 0 fully saturated rings. The molecule has 0 aliphatic carbocycles. The van der Waals surface area contributed by atoms with Crippen molar-refractivity contribution in [3.63, 3.8) is 0 Å². The largest absolute Gasteiger partial charge is 0.497 e. The van der Waals surface area contributed by atoms with Gasteiger partial charge >= 0.3 is 0 Å². The van der Waals surface area contributed by atoms with Crippen LogP contribution in [-0.2, 0) is 0 Å². The highest BCUT2D eigenvalue weighted by Crippen LogP contribution is 2.27. The highest BCUT2D eigenvalue weighted by atomic mass is 35.5. The van der Waals surface area contributed by atoms with E-state index in [-0.39, 0.29) is 17.3 Å². The molecular weight excluding hydrogens is 385 g/mol. The number of anilines is 1. The van der Waals surface area contributed by atoms with Gasteiger partial charge in [0.25, 0.3) is 5.91 Å². The molecule has 1 amide bonds. The molecule has 0 aromatic heterocycles. The minimum atomic E-state index is -0.371. The van der Waals surface area contributed by atoms with Gasteiger partial charge in [-0.05, 0) is 48.5 Å². The van der Waals surface area contributed by atoms with Crippen molar-refractivity contribution >= 4 is 40.6 Å². The SMILES string of the molecule is COc1cccc(C(=O)Nc2ccc(Cl)cc2C(=O)c2ccccc2Cl)c1. The number of hydrogen-bond donors (Lipinski definition) is 1. The fourth-order valence-electron chi connectivity index (χ4n) is 2.56. The summed E-state index contributed by atoms with van der Waals surface area (Å²) >= 11 is 12.2. The van der Waals surface area contributed by atoms with E-state index < -0.39 is 0 Å². The van der Waals surface area contributed by atoms with Crippen molar-refractivity contribution in [2.45, 2.75) is 0 Å². The fourth-order valence-corrected chi connectivity index (χ4v) is 2.96. The van der Waals surface area contributed by atoms with E-state index in [9.17, 15) is 9.59 Å². The number of amides is 1. The van der Waals surface area contributed by atoms with Gasteiger partial charge < -0.3 is 10.1 Å². The molecule has 0 spiro atoms. The molecule has 27 heavy (non-hydrogen) atoms. The first-order valence-electron chi connectivity index (χ1n) is 8.04. The molecular formula is C21H15Cl2NO3. The number of ketones is 1. The van der Waals surface area contributed by atoms with Gasteiger partial charge in [-0.2, -0.15) is 0 Å². The molecule has 0 radical (unpaired) electrons. The van der Waals surface area contributed by atoms with E-state index in [2.05, 4.69) is 5.32 Å². The van der Waals surface area contributed by atoms with Crippen LogP contribution in [0.3, 0.4) is 0 Å². The summed E-state index contributed by atoms with van der Waals surface area (Å²) in [7, 11) is 1.52. The Labute approximate surface area is 166 Å². The number of carbonyl (C=O) groups excluding carboxylic acids is 2. The molecule has 6 heteroatoms. The Hall–Kier alpha value is -2.82. The van der Waals surface area contributed by atoms with E-state index in [1.54, 1.807) is 60.7 Å².